The van der Waals surface area contributed by atoms with E-state index in [1.807, 2.05) is 25.1 Å². The average molecular weight is 164 g/mol. The van der Waals surface area contributed by atoms with Crippen molar-refractivity contribution in [1.29, 1.82) is 0 Å². The zero-order chi connectivity index (χ0) is 8.55. The fraction of sp³-hybridized carbons (Fsp3) is 0.400. The normalized spacial score (nSPS) is 21.9. The van der Waals surface area contributed by atoms with Crippen LogP contribution in [-0.4, -0.2) is 11.7 Å². The van der Waals surface area contributed by atoms with E-state index in [2.05, 4.69) is 0 Å². The fourth-order valence-corrected chi connectivity index (χ4v) is 1.42. The highest BCUT2D eigenvalue weighted by molar-refractivity contribution is 5.41. The standard InChI is InChI=1S/C10H12O2/c1-7-3-2-4-8(10(7)11)9-5-6-12-9/h2-4,9,11H,5-6H2,1H3. The molecular weight excluding hydrogens is 152 g/mol. The number of aromatic hydroxyl groups is 1. The van der Waals surface area contributed by atoms with Crippen LogP contribution in [0, 0.1) is 6.92 Å². The van der Waals surface area contributed by atoms with Crippen LogP contribution in [-0.2, 0) is 4.74 Å². The Morgan fingerprint density at radius 2 is 2.25 bits per heavy atom. The predicted octanol–water partition coefficient (Wildman–Crippen LogP) is 2.16. The molecule has 1 aromatic carbocycles. The van der Waals surface area contributed by atoms with Gasteiger partial charge in [0.05, 0.1) is 12.7 Å². The molecular formula is C10H12O2. The topological polar surface area (TPSA) is 29.5 Å². The van der Waals surface area contributed by atoms with Crippen molar-refractivity contribution < 1.29 is 9.84 Å². The van der Waals surface area contributed by atoms with Gasteiger partial charge in [-0.15, -0.1) is 0 Å². The summed E-state index contributed by atoms with van der Waals surface area (Å²) in [7, 11) is 0. The third-order valence-electron chi connectivity index (χ3n) is 2.31. The summed E-state index contributed by atoms with van der Waals surface area (Å²) in [6.45, 7) is 2.72. The van der Waals surface area contributed by atoms with Crippen LogP contribution in [0.2, 0.25) is 0 Å². The summed E-state index contributed by atoms with van der Waals surface area (Å²) in [6.07, 6.45) is 1.15. The van der Waals surface area contributed by atoms with Crippen molar-refractivity contribution in [1.82, 2.24) is 0 Å². The molecule has 0 amide bonds. The van der Waals surface area contributed by atoms with Gasteiger partial charge in [-0.2, -0.15) is 0 Å². The van der Waals surface area contributed by atoms with E-state index in [-0.39, 0.29) is 6.10 Å². The van der Waals surface area contributed by atoms with Crippen molar-refractivity contribution in [2.24, 2.45) is 0 Å². The van der Waals surface area contributed by atoms with E-state index >= 15 is 0 Å². The zero-order valence-corrected chi connectivity index (χ0v) is 7.08. The minimum atomic E-state index is 0.130. The van der Waals surface area contributed by atoms with Crippen molar-refractivity contribution >= 4 is 0 Å². The molecule has 1 N–H and O–H groups in total. The Morgan fingerprint density at radius 1 is 1.50 bits per heavy atom. The summed E-state index contributed by atoms with van der Waals surface area (Å²) in [5, 5.41) is 9.65. The lowest BCUT2D eigenvalue weighted by molar-refractivity contribution is -0.0538. The van der Waals surface area contributed by atoms with Crippen LogP contribution in [0.25, 0.3) is 0 Å². The van der Waals surface area contributed by atoms with Crippen LogP contribution in [0.1, 0.15) is 23.7 Å². The monoisotopic (exact) mass is 164 g/mol. The van der Waals surface area contributed by atoms with E-state index < -0.39 is 0 Å². The van der Waals surface area contributed by atoms with Crippen LogP contribution in [0.3, 0.4) is 0 Å². The SMILES string of the molecule is Cc1cccc(C2CCO2)c1O. The first-order valence-corrected chi connectivity index (χ1v) is 4.19. The van der Waals surface area contributed by atoms with E-state index in [1.165, 1.54) is 0 Å². The van der Waals surface area contributed by atoms with E-state index in [4.69, 9.17) is 4.74 Å². The van der Waals surface area contributed by atoms with Gasteiger partial charge in [-0.05, 0) is 12.5 Å². The maximum absolute atomic E-state index is 9.65. The maximum atomic E-state index is 9.65. The van der Waals surface area contributed by atoms with E-state index in [1.54, 1.807) is 0 Å². The van der Waals surface area contributed by atoms with Crippen LogP contribution in [0.15, 0.2) is 18.2 Å². The minimum absolute atomic E-state index is 0.130. The molecule has 2 rings (SSSR count). The second kappa shape index (κ2) is 2.79. The minimum Gasteiger partial charge on any atom is -0.507 e. The summed E-state index contributed by atoms with van der Waals surface area (Å²) in [5.41, 5.74) is 1.85. The first-order valence-electron chi connectivity index (χ1n) is 4.19. The highest BCUT2D eigenvalue weighted by atomic mass is 16.5. The molecule has 0 aromatic heterocycles. The Morgan fingerprint density at radius 3 is 2.83 bits per heavy atom. The number of hydrogen-bond donors (Lipinski definition) is 1. The van der Waals surface area contributed by atoms with Gasteiger partial charge >= 0.3 is 0 Å². The molecule has 1 fully saturated rings. The molecule has 1 aliphatic rings. The van der Waals surface area contributed by atoms with Gasteiger partial charge in [-0.25, -0.2) is 0 Å². The lowest BCUT2D eigenvalue weighted by atomic mass is 10.00. The van der Waals surface area contributed by atoms with Crippen molar-refractivity contribution in [2.45, 2.75) is 19.4 Å². The van der Waals surface area contributed by atoms with Gasteiger partial charge in [0.25, 0.3) is 0 Å². The molecule has 1 unspecified atom stereocenters. The first-order chi connectivity index (χ1) is 5.79. The molecule has 0 spiro atoms. The summed E-state index contributed by atoms with van der Waals surface area (Å²) in [5.74, 6) is 0.391. The lowest BCUT2D eigenvalue weighted by Crippen LogP contribution is -2.18. The molecule has 0 radical (unpaired) electrons. The third kappa shape index (κ3) is 1.08. The molecule has 1 atom stereocenters. The van der Waals surface area contributed by atoms with E-state index in [0.29, 0.717) is 5.75 Å². The molecule has 2 heteroatoms. The summed E-state index contributed by atoms with van der Waals surface area (Å²) in [4.78, 5) is 0. The van der Waals surface area contributed by atoms with Crippen molar-refractivity contribution in [3.05, 3.63) is 29.3 Å². The highest BCUT2D eigenvalue weighted by Gasteiger charge is 2.23. The van der Waals surface area contributed by atoms with Gasteiger partial charge in [0.1, 0.15) is 5.75 Å². The number of benzene rings is 1. The largest absolute Gasteiger partial charge is 0.507 e. The van der Waals surface area contributed by atoms with Gasteiger partial charge in [0.15, 0.2) is 0 Å². The summed E-state index contributed by atoms with van der Waals surface area (Å²) < 4.78 is 5.29. The quantitative estimate of drug-likeness (QED) is 0.689. The van der Waals surface area contributed by atoms with E-state index in [0.717, 1.165) is 24.2 Å². The number of para-hydroxylation sites is 1. The Kier molecular flexibility index (Phi) is 1.77. The number of phenolic OH excluding ortho intramolecular Hbond substituents is 1. The lowest BCUT2D eigenvalue weighted by Gasteiger charge is -2.27. The third-order valence-corrected chi connectivity index (χ3v) is 2.31. The van der Waals surface area contributed by atoms with Gasteiger partial charge in [-0.1, -0.05) is 18.2 Å². The highest BCUT2D eigenvalue weighted by Crippen LogP contribution is 2.36. The number of ether oxygens (including phenoxy) is 1. The van der Waals surface area contributed by atoms with Gasteiger partial charge in [-0.3, -0.25) is 0 Å². The van der Waals surface area contributed by atoms with E-state index in [9.17, 15) is 5.11 Å². The molecule has 0 aliphatic carbocycles. The van der Waals surface area contributed by atoms with Gasteiger partial charge < -0.3 is 9.84 Å². The molecule has 0 saturated carbocycles. The van der Waals surface area contributed by atoms with Crippen molar-refractivity contribution in [3.63, 3.8) is 0 Å². The average Bonchev–Trinajstić information content (AvgIpc) is 1.95. The van der Waals surface area contributed by atoms with Crippen LogP contribution >= 0.6 is 0 Å². The molecule has 2 nitrogen and oxygen atoms in total. The molecule has 0 bridgehead atoms. The Labute approximate surface area is 71.8 Å². The number of phenols is 1. The molecule has 12 heavy (non-hydrogen) atoms. The second-order valence-corrected chi connectivity index (χ2v) is 3.16. The maximum Gasteiger partial charge on any atom is 0.124 e. The Bertz CT molecular complexity index is 290. The van der Waals surface area contributed by atoms with Crippen LogP contribution in [0.4, 0.5) is 0 Å². The molecule has 1 aliphatic heterocycles. The number of aryl methyl sites for hydroxylation is 1. The van der Waals surface area contributed by atoms with Crippen molar-refractivity contribution in [2.75, 3.05) is 6.61 Å². The zero-order valence-electron chi connectivity index (χ0n) is 7.08. The summed E-state index contributed by atoms with van der Waals surface area (Å²) >= 11 is 0. The molecule has 1 saturated heterocycles. The first kappa shape index (κ1) is 7.62. The van der Waals surface area contributed by atoms with Gasteiger partial charge in [0, 0.05) is 12.0 Å². The number of rotatable bonds is 1. The Hall–Kier alpha value is -1.02. The molecule has 1 aromatic rings. The summed E-state index contributed by atoms with van der Waals surface area (Å²) in [6, 6.07) is 5.77. The Balaban J connectivity index is 2.36. The molecule has 64 valence electrons. The molecule has 1 heterocycles. The van der Waals surface area contributed by atoms with Gasteiger partial charge in [0.2, 0.25) is 0 Å². The fourth-order valence-electron chi connectivity index (χ4n) is 1.42. The second-order valence-electron chi connectivity index (χ2n) is 3.16. The van der Waals surface area contributed by atoms with Crippen LogP contribution in [0.5, 0.6) is 5.75 Å². The van der Waals surface area contributed by atoms with Crippen molar-refractivity contribution in [3.8, 4) is 5.75 Å². The predicted molar refractivity (Wildman–Crippen MR) is 46.2 cm³/mol. The smallest absolute Gasteiger partial charge is 0.124 e. The van der Waals surface area contributed by atoms with Crippen LogP contribution < -0.4 is 0 Å². The number of hydrogen-bond acceptors (Lipinski definition) is 2.